The predicted molar refractivity (Wildman–Crippen MR) is 79.4 cm³/mol. The lowest BCUT2D eigenvalue weighted by Gasteiger charge is -2.12. The van der Waals surface area contributed by atoms with Crippen LogP contribution in [0.2, 0.25) is 0 Å². The molecule has 0 fully saturated rings. The van der Waals surface area contributed by atoms with E-state index in [9.17, 15) is 4.79 Å². The molecule has 0 spiro atoms. The Balaban J connectivity index is 2.61. The Morgan fingerprint density at radius 1 is 1.37 bits per heavy atom. The highest BCUT2D eigenvalue weighted by Gasteiger charge is 2.10. The van der Waals surface area contributed by atoms with E-state index in [1.807, 2.05) is 19.9 Å². The third-order valence-corrected chi connectivity index (χ3v) is 2.73. The van der Waals surface area contributed by atoms with Gasteiger partial charge in [0.05, 0.1) is 23.0 Å². The summed E-state index contributed by atoms with van der Waals surface area (Å²) in [5, 5.41) is 3.28. The van der Waals surface area contributed by atoms with Crippen molar-refractivity contribution in [2.45, 2.75) is 46.1 Å². The van der Waals surface area contributed by atoms with Gasteiger partial charge in [0.2, 0.25) is 0 Å². The van der Waals surface area contributed by atoms with Crippen LogP contribution < -0.4 is 11.1 Å². The molecule has 0 amide bonds. The van der Waals surface area contributed by atoms with Crippen molar-refractivity contribution >= 4 is 17.3 Å². The highest BCUT2D eigenvalue weighted by atomic mass is 16.5. The second kappa shape index (κ2) is 7.67. The summed E-state index contributed by atoms with van der Waals surface area (Å²) in [4.78, 5) is 11.7. The lowest BCUT2D eigenvalue weighted by Crippen LogP contribution is -2.12. The zero-order valence-electron chi connectivity index (χ0n) is 12.0. The van der Waals surface area contributed by atoms with Gasteiger partial charge >= 0.3 is 5.97 Å². The number of nitrogens with two attached hydrogens (primary N) is 1. The fourth-order valence-electron chi connectivity index (χ4n) is 1.73. The number of rotatable bonds is 7. The summed E-state index contributed by atoms with van der Waals surface area (Å²) < 4.78 is 5.13. The maximum absolute atomic E-state index is 11.7. The molecule has 19 heavy (non-hydrogen) atoms. The number of ether oxygens (including phenoxy) is 1. The van der Waals surface area contributed by atoms with Crippen LogP contribution in [0.5, 0.6) is 0 Å². The Morgan fingerprint density at radius 3 is 2.68 bits per heavy atom. The van der Waals surface area contributed by atoms with E-state index < -0.39 is 0 Å². The molecule has 0 atom stereocenters. The van der Waals surface area contributed by atoms with Crippen LogP contribution >= 0.6 is 0 Å². The smallest absolute Gasteiger partial charge is 0.338 e. The van der Waals surface area contributed by atoms with Crippen molar-refractivity contribution in [2.75, 3.05) is 17.6 Å². The first-order valence-corrected chi connectivity index (χ1v) is 6.89. The zero-order valence-corrected chi connectivity index (χ0v) is 12.0. The number of nitrogens with one attached hydrogen (secondary N) is 1. The number of anilines is 2. The van der Waals surface area contributed by atoms with Crippen molar-refractivity contribution in [3.63, 3.8) is 0 Å². The number of nitrogen functional groups attached to an aromatic ring is 1. The van der Waals surface area contributed by atoms with Crippen LogP contribution in [0.15, 0.2) is 18.2 Å². The fourth-order valence-corrected chi connectivity index (χ4v) is 1.73. The number of carbonyl (C=O) groups excluding carboxylic acids is 1. The van der Waals surface area contributed by atoms with Crippen LogP contribution in [0.3, 0.4) is 0 Å². The number of hydrogen-bond acceptors (Lipinski definition) is 4. The molecule has 1 aromatic rings. The first-order valence-electron chi connectivity index (χ1n) is 6.89. The maximum Gasteiger partial charge on any atom is 0.338 e. The Kier molecular flexibility index (Phi) is 6.19. The zero-order chi connectivity index (χ0) is 14.3. The Morgan fingerprint density at radius 2 is 2.11 bits per heavy atom. The van der Waals surface area contributed by atoms with Gasteiger partial charge in [0.25, 0.3) is 0 Å². The average molecular weight is 264 g/mol. The third kappa shape index (κ3) is 5.20. The Bertz CT molecular complexity index is 417. The largest absolute Gasteiger partial charge is 0.459 e. The summed E-state index contributed by atoms with van der Waals surface area (Å²) >= 11 is 0. The second-order valence-electron chi connectivity index (χ2n) is 4.89. The van der Waals surface area contributed by atoms with Crippen molar-refractivity contribution in [1.29, 1.82) is 0 Å². The predicted octanol–water partition coefficient (Wildman–Crippen LogP) is 3.44. The molecule has 0 bridgehead atoms. The van der Waals surface area contributed by atoms with Crippen LogP contribution in [-0.4, -0.2) is 18.6 Å². The molecule has 0 aliphatic heterocycles. The summed E-state index contributed by atoms with van der Waals surface area (Å²) in [5.74, 6) is -0.334. The van der Waals surface area contributed by atoms with Crippen molar-refractivity contribution < 1.29 is 9.53 Å². The minimum atomic E-state index is -0.334. The monoisotopic (exact) mass is 264 g/mol. The molecule has 0 saturated carbocycles. The van der Waals surface area contributed by atoms with Gasteiger partial charge in [0.15, 0.2) is 0 Å². The lowest BCUT2D eigenvalue weighted by molar-refractivity contribution is 0.0378. The molecule has 1 rings (SSSR count). The molecule has 0 aromatic heterocycles. The van der Waals surface area contributed by atoms with Crippen molar-refractivity contribution in [2.24, 2.45) is 0 Å². The van der Waals surface area contributed by atoms with Crippen LogP contribution in [0.25, 0.3) is 0 Å². The van der Waals surface area contributed by atoms with Gasteiger partial charge in [-0.05, 0) is 38.5 Å². The third-order valence-electron chi connectivity index (χ3n) is 2.73. The number of hydrogen-bond donors (Lipinski definition) is 2. The minimum absolute atomic E-state index is 0.124. The highest BCUT2D eigenvalue weighted by Crippen LogP contribution is 2.20. The summed E-state index contributed by atoms with van der Waals surface area (Å²) in [6, 6.07) is 5.23. The average Bonchev–Trinajstić information content (AvgIpc) is 2.35. The molecular formula is C15H24N2O2. The molecule has 1 aromatic carbocycles. The molecule has 4 heteroatoms. The number of esters is 1. The van der Waals surface area contributed by atoms with Crippen molar-refractivity contribution in [1.82, 2.24) is 0 Å². The summed E-state index contributed by atoms with van der Waals surface area (Å²) in [5.41, 5.74) is 7.88. The van der Waals surface area contributed by atoms with E-state index in [0.29, 0.717) is 11.3 Å². The fraction of sp³-hybridized carbons (Fsp3) is 0.533. The van der Waals surface area contributed by atoms with E-state index in [4.69, 9.17) is 10.5 Å². The van der Waals surface area contributed by atoms with Crippen LogP contribution in [0.1, 0.15) is 50.4 Å². The minimum Gasteiger partial charge on any atom is -0.459 e. The van der Waals surface area contributed by atoms with Gasteiger partial charge in [-0.3, -0.25) is 0 Å². The molecular weight excluding hydrogens is 240 g/mol. The van der Waals surface area contributed by atoms with E-state index in [1.165, 1.54) is 12.8 Å². The van der Waals surface area contributed by atoms with E-state index in [1.54, 1.807) is 12.1 Å². The topological polar surface area (TPSA) is 64.3 Å². The summed E-state index contributed by atoms with van der Waals surface area (Å²) in [6.45, 7) is 6.72. The van der Waals surface area contributed by atoms with Crippen LogP contribution in [0, 0.1) is 0 Å². The van der Waals surface area contributed by atoms with Crippen molar-refractivity contribution in [3.8, 4) is 0 Å². The van der Waals surface area contributed by atoms with Gasteiger partial charge in [-0.2, -0.15) is 0 Å². The molecule has 106 valence electrons. The second-order valence-corrected chi connectivity index (χ2v) is 4.89. The SMILES string of the molecule is CCCCCNc1ccc(C(=O)OC(C)C)cc1N. The van der Waals surface area contributed by atoms with E-state index in [2.05, 4.69) is 12.2 Å². The first-order chi connectivity index (χ1) is 9.04. The van der Waals surface area contributed by atoms with E-state index in [-0.39, 0.29) is 12.1 Å². The molecule has 0 heterocycles. The Labute approximate surface area is 115 Å². The molecule has 3 N–H and O–H groups in total. The van der Waals surface area contributed by atoms with Gasteiger partial charge in [-0.1, -0.05) is 19.8 Å². The molecule has 4 nitrogen and oxygen atoms in total. The number of carbonyl (C=O) groups is 1. The first kappa shape index (κ1) is 15.3. The molecule has 0 aliphatic rings. The molecule has 0 radical (unpaired) electrons. The van der Waals surface area contributed by atoms with E-state index >= 15 is 0 Å². The summed E-state index contributed by atoms with van der Waals surface area (Å²) in [6.07, 6.45) is 3.39. The Hall–Kier alpha value is -1.71. The molecule has 0 aliphatic carbocycles. The number of benzene rings is 1. The molecule has 0 unspecified atom stereocenters. The van der Waals surface area contributed by atoms with Crippen LogP contribution in [0.4, 0.5) is 11.4 Å². The summed E-state index contributed by atoms with van der Waals surface area (Å²) in [7, 11) is 0. The van der Waals surface area contributed by atoms with Gasteiger partial charge in [0, 0.05) is 6.54 Å². The van der Waals surface area contributed by atoms with E-state index in [0.717, 1.165) is 18.7 Å². The van der Waals surface area contributed by atoms with Crippen LogP contribution in [-0.2, 0) is 4.74 Å². The maximum atomic E-state index is 11.7. The van der Waals surface area contributed by atoms with Gasteiger partial charge in [-0.25, -0.2) is 4.79 Å². The molecule has 0 saturated heterocycles. The van der Waals surface area contributed by atoms with Gasteiger partial charge in [-0.15, -0.1) is 0 Å². The van der Waals surface area contributed by atoms with Gasteiger partial charge < -0.3 is 15.8 Å². The standard InChI is InChI=1S/C15H24N2O2/c1-4-5-6-9-17-14-8-7-12(10-13(14)16)15(18)19-11(2)3/h7-8,10-11,17H,4-6,9,16H2,1-3H3. The normalized spacial score (nSPS) is 10.5. The highest BCUT2D eigenvalue weighted by molar-refractivity contribution is 5.92. The lowest BCUT2D eigenvalue weighted by atomic mass is 10.1. The van der Waals surface area contributed by atoms with Crippen molar-refractivity contribution in [3.05, 3.63) is 23.8 Å². The number of unbranched alkanes of at least 4 members (excludes halogenated alkanes) is 2. The quantitative estimate of drug-likeness (QED) is 0.450. The van der Waals surface area contributed by atoms with Gasteiger partial charge in [0.1, 0.15) is 0 Å².